The van der Waals surface area contributed by atoms with Gasteiger partial charge in [0.05, 0.1) is 5.69 Å². The molecule has 3 amide bonds. The van der Waals surface area contributed by atoms with Gasteiger partial charge in [0.2, 0.25) is 5.91 Å². The van der Waals surface area contributed by atoms with Crippen molar-refractivity contribution in [3.8, 4) is 0 Å². The number of imide groups is 1. The summed E-state index contributed by atoms with van der Waals surface area (Å²) in [4.78, 5) is 41.0. The van der Waals surface area contributed by atoms with E-state index < -0.39 is 17.6 Å². The Morgan fingerprint density at radius 2 is 1.64 bits per heavy atom. The van der Waals surface area contributed by atoms with Crippen LogP contribution in [0.25, 0.3) is 0 Å². The Balaban J connectivity index is 1.66. The molecule has 0 fully saturated rings. The summed E-state index contributed by atoms with van der Waals surface area (Å²) in [6, 6.07) is 19.8. The molecule has 8 heteroatoms. The van der Waals surface area contributed by atoms with Gasteiger partial charge in [0, 0.05) is 22.7 Å². The highest BCUT2D eigenvalue weighted by Gasteiger charge is 2.40. The van der Waals surface area contributed by atoms with Crippen molar-refractivity contribution in [2.75, 3.05) is 15.5 Å². The van der Waals surface area contributed by atoms with Crippen molar-refractivity contribution in [3.05, 3.63) is 94.8 Å². The van der Waals surface area contributed by atoms with E-state index in [-0.39, 0.29) is 28.1 Å². The summed E-state index contributed by atoms with van der Waals surface area (Å²) in [5, 5.41) is 5.97. The molecule has 0 unspecified atom stereocenters. The van der Waals surface area contributed by atoms with E-state index in [9.17, 15) is 18.8 Å². The molecule has 3 aromatic carbocycles. The number of hydrogen-bond donors (Lipinski definition) is 2. The predicted octanol–water partition coefficient (Wildman–Crippen LogP) is 6.11. The molecule has 36 heavy (non-hydrogen) atoms. The summed E-state index contributed by atoms with van der Waals surface area (Å²) in [7, 11) is 0. The summed E-state index contributed by atoms with van der Waals surface area (Å²) in [6.45, 7) is 5.89. The number of thioether (sulfide) groups is 1. The van der Waals surface area contributed by atoms with Gasteiger partial charge in [-0.1, -0.05) is 49.4 Å². The molecule has 0 spiro atoms. The van der Waals surface area contributed by atoms with E-state index in [4.69, 9.17) is 0 Å². The standard InChI is InChI=1S/C28H26FN3O3S/c1-17(2)15-24(33)30-21-5-4-6-23(16-21)36-26-25(31-20-11-7-18(3)8-12-20)27(34)32(28(26)35)22-13-9-19(29)10-14-22/h4-14,16-17,31H,15H2,1-3H3,(H,30,33). The van der Waals surface area contributed by atoms with Crippen molar-refractivity contribution in [3.63, 3.8) is 0 Å². The summed E-state index contributed by atoms with van der Waals surface area (Å²) in [5.74, 6) is -1.38. The van der Waals surface area contributed by atoms with Gasteiger partial charge in [-0.15, -0.1) is 0 Å². The van der Waals surface area contributed by atoms with Crippen LogP contribution in [0.3, 0.4) is 0 Å². The third-order valence-electron chi connectivity index (χ3n) is 5.38. The quantitative estimate of drug-likeness (QED) is 0.363. The van der Waals surface area contributed by atoms with Gasteiger partial charge in [0.1, 0.15) is 16.4 Å². The average Bonchev–Trinajstić information content (AvgIpc) is 3.05. The van der Waals surface area contributed by atoms with Crippen molar-refractivity contribution >= 4 is 46.5 Å². The highest BCUT2D eigenvalue weighted by Crippen LogP contribution is 2.38. The molecule has 0 saturated carbocycles. The van der Waals surface area contributed by atoms with Crippen molar-refractivity contribution in [1.29, 1.82) is 0 Å². The van der Waals surface area contributed by atoms with Crippen LogP contribution in [0.2, 0.25) is 0 Å². The number of hydrogen-bond acceptors (Lipinski definition) is 5. The van der Waals surface area contributed by atoms with Gasteiger partial charge < -0.3 is 10.6 Å². The molecular weight excluding hydrogens is 477 g/mol. The van der Waals surface area contributed by atoms with Crippen LogP contribution in [0, 0.1) is 18.7 Å². The molecule has 184 valence electrons. The SMILES string of the molecule is Cc1ccc(NC2=C(Sc3cccc(NC(=O)CC(C)C)c3)C(=O)N(c3ccc(F)cc3)C2=O)cc1. The summed E-state index contributed by atoms with van der Waals surface area (Å²) in [6.07, 6.45) is 0.396. The Kier molecular flexibility index (Phi) is 7.55. The van der Waals surface area contributed by atoms with Gasteiger partial charge in [0.15, 0.2) is 0 Å². The monoisotopic (exact) mass is 503 g/mol. The minimum absolute atomic E-state index is 0.0947. The third-order valence-corrected chi connectivity index (χ3v) is 6.45. The molecule has 0 aliphatic carbocycles. The number of rotatable bonds is 8. The van der Waals surface area contributed by atoms with Gasteiger partial charge in [-0.2, -0.15) is 0 Å². The number of nitrogens with one attached hydrogen (secondary N) is 2. The lowest BCUT2D eigenvalue weighted by Gasteiger charge is -2.15. The first-order valence-electron chi connectivity index (χ1n) is 11.5. The van der Waals surface area contributed by atoms with Crippen molar-refractivity contribution in [2.24, 2.45) is 5.92 Å². The molecular formula is C28H26FN3O3S. The molecule has 0 aromatic heterocycles. The minimum Gasteiger partial charge on any atom is -0.350 e. The Labute approximate surface area is 213 Å². The van der Waals surface area contributed by atoms with Gasteiger partial charge in [0.25, 0.3) is 11.8 Å². The first kappa shape index (κ1) is 25.2. The second-order valence-electron chi connectivity index (χ2n) is 8.89. The average molecular weight is 504 g/mol. The van der Waals surface area contributed by atoms with Crippen molar-refractivity contribution in [1.82, 2.24) is 0 Å². The molecule has 0 bridgehead atoms. The maximum atomic E-state index is 13.5. The predicted molar refractivity (Wildman–Crippen MR) is 141 cm³/mol. The number of halogens is 1. The smallest absolute Gasteiger partial charge is 0.283 e. The molecule has 0 radical (unpaired) electrons. The van der Waals surface area contributed by atoms with Crippen molar-refractivity contribution in [2.45, 2.75) is 32.1 Å². The van der Waals surface area contributed by atoms with E-state index in [1.807, 2.05) is 45.0 Å². The van der Waals surface area contributed by atoms with Crippen LogP contribution in [-0.4, -0.2) is 17.7 Å². The number of amides is 3. The van der Waals surface area contributed by atoms with E-state index >= 15 is 0 Å². The maximum Gasteiger partial charge on any atom is 0.283 e. The number of carbonyl (C=O) groups is 3. The molecule has 6 nitrogen and oxygen atoms in total. The number of benzene rings is 3. The maximum absolute atomic E-state index is 13.5. The van der Waals surface area contributed by atoms with Gasteiger partial charge >= 0.3 is 0 Å². The summed E-state index contributed by atoms with van der Waals surface area (Å²) >= 11 is 1.13. The van der Waals surface area contributed by atoms with Crippen LogP contribution in [0.1, 0.15) is 25.8 Å². The van der Waals surface area contributed by atoms with E-state index in [1.54, 1.807) is 24.3 Å². The molecule has 4 rings (SSSR count). The number of nitrogens with zero attached hydrogens (tertiary/aromatic N) is 1. The Bertz CT molecular complexity index is 1330. The topological polar surface area (TPSA) is 78.5 Å². The van der Waals surface area contributed by atoms with Crippen LogP contribution in [0.4, 0.5) is 21.5 Å². The molecule has 2 N–H and O–H groups in total. The van der Waals surface area contributed by atoms with Crippen LogP contribution in [0.5, 0.6) is 0 Å². The minimum atomic E-state index is -0.531. The van der Waals surface area contributed by atoms with E-state index in [0.29, 0.717) is 22.7 Å². The fourth-order valence-electron chi connectivity index (χ4n) is 3.66. The molecule has 0 atom stereocenters. The second kappa shape index (κ2) is 10.8. The van der Waals surface area contributed by atoms with Crippen LogP contribution < -0.4 is 15.5 Å². The number of aryl methyl sites for hydroxylation is 1. The lowest BCUT2D eigenvalue weighted by atomic mass is 10.1. The zero-order valence-electron chi connectivity index (χ0n) is 20.2. The molecule has 1 heterocycles. The first-order valence-corrected chi connectivity index (χ1v) is 12.3. The highest BCUT2D eigenvalue weighted by atomic mass is 32.2. The molecule has 1 aliphatic rings. The van der Waals surface area contributed by atoms with Gasteiger partial charge in [-0.05, 0) is 67.4 Å². The van der Waals surface area contributed by atoms with Gasteiger partial charge in [-0.3, -0.25) is 14.4 Å². The fourth-order valence-corrected chi connectivity index (χ4v) is 4.65. The largest absolute Gasteiger partial charge is 0.350 e. The molecule has 1 aliphatic heterocycles. The molecule has 0 saturated heterocycles. The normalized spacial score (nSPS) is 13.5. The Morgan fingerprint density at radius 1 is 0.944 bits per heavy atom. The summed E-state index contributed by atoms with van der Waals surface area (Å²) in [5.41, 5.74) is 2.73. The number of carbonyl (C=O) groups excluding carboxylic acids is 3. The van der Waals surface area contributed by atoms with E-state index in [0.717, 1.165) is 22.2 Å². The third kappa shape index (κ3) is 5.83. The lowest BCUT2D eigenvalue weighted by molar-refractivity contribution is -0.120. The van der Waals surface area contributed by atoms with E-state index in [1.165, 1.54) is 24.3 Å². The second-order valence-corrected chi connectivity index (χ2v) is 9.98. The van der Waals surface area contributed by atoms with Crippen LogP contribution in [0.15, 0.2) is 88.3 Å². The van der Waals surface area contributed by atoms with E-state index in [2.05, 4.69) is 10.6 Å². The molecule has 3 aromatic rings. The lowest BCUT2D eigenvalue weighted by Crippen LogP contribution is -2.32. The number of anilines is 3. The zero-order chi connectivity index (χ0) is 25.8. The Hall–Kier alpha value is -3.91. The van der Waals surface area contributed by atoms with Gasteiger partial charge in [-0.25, -0.2) is 9.29 Å². The summed E-state index contributed by atoms with van der Waals surface area (Å²) < 4.78 is 13.5. The van der Waals surface area contributed by atoms with Crippen molar-refractivity contribution < 1.29 is 18.8 Å². The van der Waals surface area contributed by atoms with Crippen LogP contribution in [-0.2, 0) is 14.4 Å². The zero-order valence-corrected chi connectivity index (χ0v) is 21.0. The Morgan fingerprint density at radius 3 is 2.31 bits per heavy atom. The fraction of sp³-hybridized carbons (Fsp3) is 0.179. The van der Waals surface area contributed by atoms with Crippen LogP contribution >= 0.6 is 11.8 Å². The highest BCUT2D eigenvalue weighted by molar-refractivity contribution is 8.04. The first-order chi connectivity index (χ1) is 17.2.